The molecule has 1 heterocycles. The van der Waals surface area contributed by atoms with E-state index in [9.17, 15) is 14.4 Å². The summed E-state index contributed by atoms with van der Waals surface area (Å²) in [7, 11) is 1.88. The third-order valence-electron chi connectivity index (χ3n) is 4.38. The highest BCUT2D eigenvalue weighted by molar-refractivity contribution is 5.96. The van der Waals surface area contributed by atoms with E-state index >= 15 is 0 Å². The Balaban J connectivity index is 1.70. The van der Waals surface area contributed by atoms with Crippen LogP contribution < -0.4 is 10.6 Å². The maximum absolute atomic E-state index is 11.9. The number of aliphatic carboxylic acids is 1. The molecule has 1 aliphatic heterocycles. The molecule has 2 atom stereocenters. The Bertz CT molecular complexity index is 591. The van der Waals surface area contributed by atoms with E-state index < -0.39 is 5.97 Å². The van der Waals surface area contributed by atoms with Gasteiger partial charge in [-0.15, -0.1) is 0 Å². The molecule has 0 bridgehead atoms. The third-order valence-corrected chi connectivity index (χ3v) is 4.38. The van der Waals surface area contributed by atoms with Gasteiger partial charge in [-0.2, -0.15) is 0 Å². The van der Waals surface area contributed by atoms with Gasteiger partial charge in [0.2, 0.25) is 5.91 Å². The van der Waals surface area contributed by atoms with Crippen LogP contribution in [0.3, 0.4) is 0 Å². The van der Waals surface area contributed by atoms with Gasteiger partial charge in [-0.25, -0.2) is 0 Å². The van der Waals surface area contributed by atoms with Crippen LogP contribution in [0.25, 0.3) is 0 Å². The highest BCUT2D eigenvalue weighted by Gasteiger charge is 2.31. The molecule has 2 rings (SSSR count). The molecule has 1 aliphatic rings. The molecule has 1 saturated heterocycles. The SMILES string of the molecule is CN1[C@@H](CC(=O)O)CC[C@H]1CNC(=O)CNC(=O)c1ccccc1. The van der Waals surface area contributed by atoms with E-state index in [2.05, 4.69) is 10.6 Å². The zero-order valence-electron chi connectivity index (χ0n) is 13.7. The summed E-state index contributed by atoms with van der Waals surface area (Å²) in [5.41, 5.74) is 0.511. The maximum atomic E-state index is 11.9. The molecule has 2 amide bonds. The minimum atomic E-state index is -0.805. The summed E-state index contributed by atoms with van der Waals surface area (Å²) in [6.07, 6.45) is 1.78. The van der Waals surface area contributed by atoms with E-state index in [1.165, 1.54) is 0 Å². The van der Waals surface area contributed by atoms with Crippen molar-refractivity contribution in [2.24, 2.45) is 0 Å². The Morgan fingerprint density at radius 1 is 1.12 bits per heavy atom. The van der Waals surface area contributed by atoms with Crippen LogP contribution in [0.2, 0.25) is 0 Å². The van der Waals surface area contributed by atoms with E-state index in [1.807, 2.05) is 18.0 Å². The van der Waals surface area contributed by atoms with E-state index in [4.69, 9.17) is 5.11 Å². The second kappa shape index (κ2) is 8.44. The fourth-order valence-corrected chi connectivity index (χ4v) is 2.93. The molecule has 0 radical (unpaired) electrons. The number of nitrogens with one attached hydrogen (secondary N) is 2. The Kier molecular flexibility index (Phi) is 6.31. The van der Waals surface area contributed by atoms with Gasteiger partial charge in [0.05, 0.1) is 13.0 Å². The lowest BCUT2D eigenvalue weighted by molar-refractivity contribution is -0.138. The number of hydrogen-bond donors (Lipinski definition) is 3. The molecule has 0 saturated carbocycles. The molecule has 0 aliphatic carbocycles. The van der Waals surface area contributed by atoms with Gasteiger partial charge in [0.15, 0.2) is 0 Å². The molecule has 0 aromatic heterocycles. The molecule has 0 spiro atoms. The molecule has 0 unspecified atom stereocenters. The van der Waals surface area contributed by atoms with Crippen molar-refractivity contribution in [1.29, 1.82) is 0 Å². The van der Waals surface area contributed by atoms with Crippen molar-refractivity contribution in [3.05, 3.63) is 35.9 Å². The number of rotatable bonds is 7. The Morgan fingerprint density at radius 2 is 1.79 bits per heavy atom. The molecule has 3 N–H and O–H groups in total. The Morgan fingerprint density at radius 3 is 2.46 bits per heavy atom. The third kappa shape index (κ3) is 5.06. The van der Waals surface area contributed by atoms with Gasteiger partial charge >= 0.3 is 5.97 Å². The van der Waals surface area contributed by atoms with Crippen molar-refractivity contribution in [2.45, 2.75) is 31.3 Å². The van der Waals surface area contributed by atoms with Crippen molar-refractivity contribution in [2.75, 3.05) is 20.1 Å². The monoisotopic (exact) mass is 333 g/mol. The molecule has 24 heavy (non-hydrogen) atoms. The molecule has 1 aromatic rings. The van der Waals surface area contributed by atoms with E-state index in [-0.39, 0.29) is 36.9 Å². The molecule has 7 heteroatoms. The number of benzene rings is 1. The molecular formula is C17H23N3O4. The van der Waals surface area contributed by atoms with Crippen molar-refractivity contribution in [3.63, 3.8) is 0 Å². The first-order valence-electron chi connectivity index (χ1n) is 8.01. The maximum Gasteiger partial charge on any atom is 0.304 e. The summed E-state index contributed by atoms with van der Waals surface area (Å²) in [6.45, 7) is 0.370. The number of likely N-dealkylation sites (tertiary alicyclic amines) is 1. The predicted molar refractivity (Wildman–Crippen MR) is 88.6 cm³/mol. The van der Waals surface area contributed by atoms with E-state index in [1.54, 1.807) is 24.3 Å². The minimum Gasteiger partial charge on any atom is -0.481 e. The largest absolute Gasteiger partial charge is 0.481 e. The number of carbonyl (C=O) groups excluding carboxylic acids is 2. The van der Waals surface area contributed by atoms with E-state index in [0.29, 0.717) is 12.1 Å². The number of carboxylic acid groups (broad SMARTS) is 1. The van der Waals surface area contributed by atoms with Crippen LogP contribution in [0.4, 0.5) is 0 Å². The van der Waals surface area contributed by atoms with Crippen molar-refractivity contribution in [3.8, 4) is 0 Å². The van der Waals surface area contributed by atoms with Crippen LogP contribution in [-0.4, -0.2) is 60.0 Å². The van der Waals surface area contributed by atoms with Gasteiger partial charge in [-0.3, -0.25) is 19.3 Å². The lowest BCUT2D eigenvalue weighted by Crippen LogP contribution is -2.44. The molecule has 1 fully saturated rings. The zero-order chi connectivity index (χ0) is 17.5. The zero-order valence-corrected chi connectivity index (χ0v) is 13.7. The predicted octanol–water partition coefficient (Wildman–Crippen LogP) is 0.470. The lowest BCUT2D eigenvalue weighted by atomic mass is 10.1. The van der Waals surface area contributed by atoms with Gasteiger partial charge < -0.3 is 15.7 Å². The highest BCUT2D eigenvalue weighted by Crippen LogP contribution is 2.23. The summed E-state index contributed by atoms with van der Waals surface area (Å²) < 4.78 is 0. The van der Waals surface area contributed by atoms with Crippen molar-refractivity contribution < 1.29 is 19.5 Å². The second-order valence-corrected chi connectivity index (χ2v) is 6.00. The Hall–Kier alpha value is -2.41. The Labute approximate surface area is 141 Å². The van der Waals surface area contributed by atoms with Gasteiger partial charge in [-0.1, -0.05) is 18.2 Å². The first-order chi connectivity index (χ1) is 11.5. The first-order valence-corrected chi connectivity index (χ1v) is 8.01. The fourth-order valence-electron chi connectivity index (χ4n) is 2.93. The van der Waals surface area contributed by atoms with Crippen LogP contribution in [0.5, 0.6) is 0 Å². The smallest absolute Gasteiger partial charge is 0.304 e. The van der Waals surface area contributed by atoms with Gasteiger partial charge in [0.1, 0.15) is 0 Å². The second-order valence-electron chi connectivity index (χ2n) is 6.00. The summed E-state index contributed by atoms with van der Waals surface area (Å²) in [6, 6.07) is 8.85. The fraction of sp³-hybridized carbons (Fsp3) is 0.471. The van der Waals surface area contributed by atoms with Gasteiger partial charge in [-0.05, 0) is 32.0 Å². The molecule has 7 nitrogen and oxygen atoms in total. The average Bonchev–Trinajstić information content (AvgIpc) is 2.91. The molecular weight excluding hydrogens is 310 g/mol. The number of amides is 2. The number of carboxylic acids is 1. The van der Waals surface area contributed by atoms with Crippen LogP contribution >= 0.6 is 0 Å². The summed E-state index contributed by atoms with van der Waals surface area (Å²) >= 11 is 0. The van der Waals surface area contributed by atoms with Crippen LogP contribution in [-0.2, 0) is 9.59 Å². The quantitative estimate of drug-likeness (QED) is 0.674. The number of nitrogens with zero attached hydrogens (tertiary/aromatic N) is 1. The van der Waals surface area contributed by atoms with Gasteiger partial charge in [0, 0.05) is 24.2 Å². The van der Waals surface area contributed by atoms with Crippen molar-refractivity contribution >= 4 is 17.8 Å². The number of likely N-dealkylation sites (N-methyl/N-ethyl adjacent to an activating group) is 1. The molecule has 130 valence electrons. The first kappa shape index (κ1) is 17.9. The topological polar surface area (TPSA) is 98.7 Å². The number of hydrogen-bond acceptors (Lipinski definition) is 4. The van der Waals surface area contributed by atoms with Crippen LogP contribution in [0.1, 0.15) is 29.6 Å². The highest BCUT2D eigenvalue weighted by atomic mass is 16.4. The van der Waals surface area contributed by atoms with Crippen molar-refractivity contribution in [1.82, 2.24) is 15.5 Å². The standard InChI is InChI=1S/C17H23N3O4/c1-20-13(9-16(22)23)7-8-14(20)10-18-15(21)11-19-17(24)12-5-3-2-4-6-12/h2-6,13-14H,7-11H2,1H3,(H,18,21)(H,19,24)(H,22,23)/t13-,14+/m1/s1. The van der Waals surface area contributed by atoms with Crippen LogP contribution in [0.15, 0.2) is 30.3 Å². The normalized spacial score (nSPS) is 20.5. The number of carbonyl (C=O) groups is 3. The molecule has 1 aromatic carbocycles. The van der Waals surface area contributed by atoms with Crippen LogP contribution in [0, 0.1) is 0 Å². The summed E-state index contributed by atoms with van der Waals surface area (Å²) in [5, 5.41) is 14.2. The van der Waals surface area contributed by atoms with Gasteiger partial charge in [0.25, 0.3) is 5.91 Å². The van der Waals surface area contributed by atoms with E-state index in [0.717, 1.165) is 12.8 Å². The lowest BCUT2D eigenvalue weighted by Gasteiger charge is -2.25. The minimum absolute atomic E-state index is 0.0159. The summed E-state index contributed by atoms with van der Waals surface area (Å²) in [5.74, 6) is -1.35. The average molecular weight is 333 g/mol. The summed E-state index contributed by atoms with van der Waals surface area (Å²) in [4.78, 5) is 36.5.